The van der Waals surface area contributed by atoms with Gasteiger partial charge >= 0.3 is 0 Å². The van der Waals surface area contributed by atoms with Crippen LogP contribution in [0, 0.1) is 0 Å². The molecule has 2 fully saturated rings. The number of hydrogen-bond donors (Lipinski definition) is 1. The average molecular weight is 507 g/mol. The second-order valence-corrected chi connectivity index (χ2v) is 10.1. The second-order valence-electron chi connectivity index (χ2n) is 9.64. The van der Waals surface area contributed by atoms with Gasteiger partial charge in [0.2, 0.25) is 5.95 Å². The molecule has 2 saturated heterocycles. The summed E-state index contributed by atoms with van der Waals surface area (Å²) in [5, 5.41) is 3.92. The Hall–Kier alpha value is -2.87. The number of rotatable bonds is 9. The number of aromatic nitrogens is 2. The van der Waals surface area contributed by atoms with E-state index in [9.17, 15) is 0 Å². The zero-order valence-electron chi connectivity index (χ0n) is 20.9. The van der Waals surface area contributed by atoms with E-state index >= 15 is 0 Å². The summed E-state index contributed by atoms with van der Waals surface area (Å²) in [5.74, 6) is 1.29. The van der Waals surface area contributed by atoms with Gasteiger partial charge in [0.1, 0.15) is 5.02 Å². The van der Waals surface area contributed by atoms with E-state index in [2.05, 4.69) is 80.6 Å². The van der Waals surface area contributed by atoms with Gasteiger partial charge in [0, 0.05) is 57.3 Å². The summed E-state index contributed by atoms with van der Waals surface area (Å²) < 4.78 is 5.94. The number of benzene rings is 2. The molecule has 1 N–H and O–H groups in total. The van der Waals surface area contributed by atoms with Crippen molar-refractivity contribution < 1.29 is 4.74 Å². The first-order valence-corrected chi connectivity index (χ1v) is 13.3. The van der Waals surface area contributed by atoms with Crippen LogP contribution in [0.5, 0.6) is 0 Å². The standard InChI is InChI=1S/C28H35ClN6O/c1-33-15-17-34(18-16-33)24-11-9-23(10-12-24)31-28-30-20-26(29)27(32-28)35(21-25-8-5-19-36-25)14-13-22-6-3-2-4-7-22/h2-4,6-7,9-12,20,25H,5,8,13-19,21H2,1H3,(H,30,31,32). The normalized spacial score (nSPS) is 18.4. The van der Waals surface area contributed by atoms with Gasteiger partial charge < -0.3 is 24.8 Å². The zero-order chi connectivity index (χ0) is 24.7. The topological polar surface area (TPSA) is 56.8 Å². The van der Waals surface area contributed by atoms with Crippen LogP contribution in [0.15, 0.2) is 60.8 Å². The molecule has 1 aromatic heterocycles. The van der Waals surface area contributed by atoms with Crippen molar-refractivity contribution in [3.8, 4) is 0 Å². The molecule has 36 heavy (non-hydrogen) atoms. The summed E-state index contributed by atoms with van der Waals surface area (Å²) in [4.78, 5) is 16.3. The van der Waals surface area contributed by atoms with Crippen LogP contribution in [0.3, 0.4) is 0 Å². The third-order valence-electron chi connectivity index (χ3n) is 6.98. The quantitative estimate of drug-likeness (QED) is 0.445. The third-order valence-corrected chi connectivity index (χ3v) is 7.24. The van der Waals surface area contributed by atoms with Gasteiger partial charge in [0.05, 0.1) is 12.3 Å². The highest BCUT2D eigenvalue weighted by molar-refractivity contribution is 6.32. The molecule has 0 amide bonds. The van der Waals surface area contributed by atoms with Gasteiger partial charge in [0.25, 0.3) is 0 Å². The van der Waals surface area contributed by atoms with Gasteiger partial charge in [-0.15, -0.1) is 0 Å². The Morgan fingerprint density at radius 2 is 1.83 bits per heavy atom. The molecule has 5 rings (SSSR count). The van der Waals surface area contributed by atoms with Gasteiger partial charge in [-0.3, -0.25) is 0 Å². The smallest absolute Gasteiger partial charge is 0.229 e. The minimum absolute atomic E-state index is 0.199. The van der Waals surface area contributed by atoms with E-state index in [0.29, 0.717) is 11.0 Å². The van der Waals surface area contributed by atoms with Crippen molar-refractivity contribution in [2.45, 2.75) is 25.4 Å². The number of nitrogens with one attached hydrogen (secondary N) is 1. The van der Waals surface area contributed by atoms with E-state index in [1.54, 1.807) is 6.20 Å². The number of anilines is 4. The first kappa shape index (κ1) is 24.8. The Labute approximate surface area is 219 Å². The third kappa shape index (κ3) is 6.46. The van der Waals surface area contributed by atoms with E-state index < -0.39 is 0 Å². The maximum Gasteiger partial charge on any atom is 0.229 e. The van der Waals surface area contributed by atoms with Crippen LogP contribution in [0.25, 0.3) is 0 Å². The molecule has 8 heteroatoms. The number of halogens is 1. The predicted molar refractivity (Wildman–Crippen MR) is 148 cm³/mol. The molecule has 0 spiro atoms. The van der Waals surface area contributed by atoms with Crippen molar-refractivity contribution >= 4 is 34.7 Å². The second kappa shape index (κ2) is 11.9. The molecule has 1 unspecified atom stereocenters. The summed E-state index contributed by atoms with van der Waals surface area (Å²) in [6.07, 6.45) is 4.96. The van der Waals surface area contributed by atoms with Crippen LogP contribution in [0.2, 0.25) is 5.02 Å². The summed E-state index contributed by atoms with van der Waals surface area (Å²) in [6.45, 7) is 6.68. The average Bonchev–Trinajstić information content (AvgIpc) is 3.43. The number of hydrogen-bond acceptors (Lipinski definition) is 7. The van der Waals surface area contributed by atoms with Crippen LogP contribution in [-0.2, 0) is 11.2 Å². The molecule has 7 nitrogen and oxygen atoms in total. The fraction of sp³-hybridized carbons (Fsp3) is 0.429. The predicted octanol–water partition coefficient (Wildman–Crippen LogP) is 4.85. The van der Waals surface area contributed by atoms with Gasteiger partial charge in [-0.2, -0.15) is 4.98 Å². The largest absolute Gasteiger partial charge is 0.376 e. The van der Waals surface area contributed by atoms with Crippen molar-refractivity contribution in [3.05, 3.63) is 71.4 Å². The number of ether oxygens (including phenoxy) is 1. The molecular formula is C28H35ClN6O. The summed E-state index contributed by atoms with van der Waals surface area (Å²) in [5.41, 5.74) is 3.49. The monoisotopic (exact) mass is 506 g/mol. The SMILES string of the molecule is CN1CCN(c2ccc(Nc3ncc(Cl)c(N(CCc4ccccc4)CC4CCCO4)n3)cc2)CC1. The highest BCUT2D eigenvalue weighted by atomic mass is 35.5. The van der Waals surface area contributed by atoms with Gasteiger partial charge in [-0.05, 0) is 56.1 Å². The lowest BCUT2D eigenvalue weighted by Gasteiger charge is -2.34. The lowest BCUT2D eigenvalue weighted by atomic mass is 10.1. The van der Waals surface area contributed by atoms with E-state index in [0.717, 1.165) is 76.6 Å². The molecule has 2 aromatic carbocycles. The molecule has 3 heterocycles. The first-order chi connectivity index (χ1) is 17.6. The molecule has 3 aromatic rings. The van der Waals surface area contributed by atoms with E-state index in [4.69, 9.17) is 21.3 Å². The van der Waals surface area contributed by atoms with E-state index in [-0.39, 0.29) is 6.10 Å². The van der Waals surface area contributed by atoms with Crippen molar-refractivity contribution in [3.63, 3.8) is 0 Å². The highest BCUT2D eigenvalue weighted by Crippen LogP contribution is 2.28. The molecule has 2 aliphatic heterocycles. The van der Waals surface area contributed by atoms with Crippen molar-refractivity contribution in [2.24, 2.45) is 0 Å². The molecule has 0 saturated carbocycles. The fourth-order valence-corrected chi connectivity index (χ4v) is 5.03. The van der Waals surface area contributed by atoms with Crippen LogP contribution in [0.1, 0.15) is 18.4 Å². The maximum absolute atomic E-state index is 6.63. The van der Waals surface area contributed by atoms with E-state index in [1.165, 1.54) is 11.3 Å². The molecular weight excluding hydrogens is 472 g/mol. The molecule has 2 aliphatic rings. The molecule has 190 valence electrons. The molecule has 0 aliphatic carbocycles. The van der Waals surface area contributed by atoms with Gasteiger partial charge in [0.15, 0.2) is 5.82 Å². The Kier molecular flexibility index (Phi) is 8.21. The Morgan fingerprint density at radius 1 is 1.06 bits per heavy atom. The van der Waals surface area contributed by atoms with E-state index in [1.807, 2.05) is 6.07 Å². The lowest BCUT2D eigenvalue weighted by molar-refractivity contribution is 0.115. The lowest BCUT2D eigenvalue weighted by Crippen LogP contribution is -2.44. The van der Waals surface area contributed by atoms with Gasteiger partial charge in [-0.1, -0.05) is 41.9 Å². The van der Waals surface area contributed by atoms with Gasteiger partial charge in [-0.25, -0.2) is 4.98 Å². The highest BCUT2D eigenvalue weighted by Gasteiger charge is 2.22. The summed E-state index contributed by atoms with van der Waals surface area (Å²) in [7, 11) is 2.17. The molecule has 0 radical (unpaired) electrons. The Balaban J connectivity index is 1.29. The Bertz CT molecular complexity index is 1100. The summed E-state index contributed by atoms with van der Waals surface area (Å²) in [6, 6.07) is 19.0. The molecule has 0 bridgehead atoms. The van der Waals surface area contributed by atoms with Crippen molar-refractivity contribution in [1.29, 1.82) is 0 Å². The molecule has 1 atom stereocenters. The van der Waals surface area contributed by atoms with Crippen LogP contribution in [0.4, 0.5) is 23.1 Å². The number of nitrogens with zero attached hydrogens (tertiary/aromatic N) is 5. The van der Waals surface area contributed by atoms with Crippen molar-refractivity contribution in [2.75, 3.05) is 68.0 Å². The first-order valence-electron chi connectivity index (χ1n) is 12.9. The van der Waals surface area contributed by atoms with Crippen molar-refractivity contribution in [1.82, 2.24) is 14.9 Å². The minimum Gasteiger partial charge on any atom is -0.376 e. The number of piperazine rings is 1. The van der Waals surface area contributed by atoms with Crippen LogP contribution < -0.4 is 15.1 Å². The number of likely N-dealkylation sites (N-methyl/N-ethyl adjacent to an activating group) is 1. The minimum atomic E-state index is 0.199. The van der Waals surface area contributed by atoms with Crippen LogP contribution in [-0.4, -0.2) is 73.9 Å². The fourth-order valence-electron chi connectivity index (χ4n) is 4.82. The summed E-state index contributed by atoms with van der Waals surface area (Å²) >= 11 is 6.63. The van der Waals surface area contributed by atoms with Crippen LogP contribution >= 0.6 is 11.6 Å². The Morgan fingerprint density at radius 3 is 2.56 bits per heavy atom. The maximum atomic E-state index is 6.63. The zero-order valence-corrected chi connectivity index (χ0v) is 21.7.